The highest BCUT2D eigenvalue weighted by Gasteiger charge is 2.47. The average molecular weight is 287 g/mol. The molecule has 0 radical (unpaired) electrons. The first-order valence-corrected chi connectivity index (χ1v) is 9.35. The van der Waals surface area contributed by atoms with Crippen molar-refractivity contribution in [2.75, 3.05) is 0 Å². The molecule has 0 heteroatoms. The van der Waals surface area contributed by atoms with E-state index in [9.17, 15) is 0 Å². The molecular weight excluding hydrogens is 252 g/mol. The smallest absolute Gasteiger partial charge is 0.0109 e. The Kier molecular flexibility index (Phi) is 4.10. The first kappa shape index (κ1) is 15.4. The van der Waals surface area contributed by atoms with Gasteiger partial charge in [-0.1, -0.05) is 51.3 Å². The molecule has 3 unspecified atom stereocenters. The largest absolute Gasteiger partial charge is 0.103 e. The Morgan fingerprint density at radius 1 is 1.29 bits per heavy atom. The molecule has 3 aliphatic carbocycles. The van der Waals surface area contributed by atoms with E-state index in [1.165, 1.54) is 57.8 Å². The fourth-order valence-corrected chi connectivity index (χ4v) is 5.98. The van der Waals surface area contributed by atoms with E-state index in [2.05, 4.69) is 39.5 Å². The molecule has 0 saturated heterocycles. The zero-order valence-electron chi connectivity index (χ0n) is 14.5. The van der Waals surface area contributed by atoms with Gasteiger partial charge in [-0.3, -0.25) is 0 Å². The third-order valence-electron chi connectivity index (χ3n) is 7.20. The molecule has 2 saturated carbocycles. The van der Waals surface area contributed by atoms with E-state index in [1.54, 1.807) is 0 Å². The van der Waals surface area contributed by atoms with Gasteiger partial charge in [0.15, 0.2) is 0 Å². The van der Waals surface area contributed by atoms with Crippen LogP contribution in [0.2, 0.25) is 0 Å². The Balaban J connectivity index is 1.85. The normalized spacial score (nSPS) is 46.2. The topological polar surface area (TPSA) is 0 Å². The van der Waals surface area contributed by atoms with E-state index in [-0.39, 0.29) is 0 Å². The van der Waals surface area contributed by atoms with E-state index >= 15 is 0 Å². The molecule has 0 heterocycles. The van der Waals surface area contributed by atoms with Crippen LogP contribution in [0.25, 0.3) is 0 Å². The third kappa shape index (κ3) is 2.64. The highest BCUT2D eigenvalue weighted by atomic mass is 14.5. The SMILES string of the molecule is C=C[C@@]1(C)CC=C2C(CCC3C2CCC[C@@]3(C)CCC)C1. The van der Waals surface area contributed by atoms with Gasteiger partial charge in [-0.25, -0.2) is 0 Å². The number of fused-ring (bicyclic) bond motifs is 3. The predicted octanol–water partition coefficient (Wildman–Crippen LogP) is 6.53. The Morgan fingerprint density at radius 3 is 2.81 bits per heavy atom. The van der Waals surface area contributed by atoms with Crippen molar-refractivity contribution in [1.29, 1.82) is 0 Å². The second kappa shape index (κ2) is 5.60. The monoisotopic (exact) mass is 286 g/mol. The van der Waals surface area contributed by atoms with Crippen LogP contribution in [-0.4, -0.2) is 0 Å². The van der Waals surface area contributed by atoms with Crippen LogP contribution in [0, 0.1) is 28.6 Å². The van der Waals surface area contributed by atoms with E-state index in [1.807, 2.05) is 5.57 Å². The summed E-state index contributed by atoms with van der Waals surface area (Å²) in [7, 11) is 0. The highest BCUT2D eigenvalue weighted by Crippen LogP contribution is 2.58. The molecule has 3 rings (SSSR count). The van der Waals surface area contributed by atoms with Crippen LogP contribution in [0.4, 0.5) is 0 Å². The molecule has 0 N–H and O–H groups in total. The Morgan fingerprint density at radius 2 is 2.10 bits per heavy atom. The molecule has 0 spiro atoms. The highest BCUT2D eigenvalue weighted by molar-refractivity contribution is 5.23. The molecule has 2 fully saturated rings. The van der Waals surface area contributed by atoms with Gasteiger partial charge in [-0.15, -0.1) is 6.58 Å². The summed E-state index contributed by atoms with van der Waals surface area (Å²) in [5.74, 6) is 2.76. The van der Waals surface area contributed by atoms with Crippen LogP contribution in [0.5, 0.6) is 0 Å². The van der Waals surface area contributed by atoms with Crippen LogP contribution in [0.1, 0.15) is 78.6 Å². The summed E-state index contributed by atoms with van der Waals surface area (Å²) >= 11 is 0. The van der Waals surface area contributed by atoms with Crippen molar-refractivity contribution in [3.63, 3.8) is 0 Å². The summed E-state index contributed by atoms with van der Waals surface area (Å²) in [5, 5.41) is 0. The standard InChI is InChI=1S/C21H34/c1-5-12-21(4)13-7-8-18-17-11-14-20(3,6-2)15-16(17)9-10-19(18)21/h6,11,16,18-19H,2,5,7-10,12-15H2,1,3-4H3/t16?,18?,19?,20-,21+/m0/s1. The summed E-state index contributed by atoms with van der Waals surface area (Å²) in [6.07, 6.45) is 17.6. The molecular formula is C21H34. The van der Waals surface area contributed by atoms with Crippen molar-refractivity contribution in [2.24, 2.45) is 28.6 Å². The van der Waals surface area contributed by atoms with Gasteiger partial charge in [0, 0.05) is 0 Å². The lowest BCUT2D eigenvalue weighted by Gasteiger charge is -2.53. The average Bonchev–Trinajstić information content (AvgIpc) is 2.47. The first-order chi connectivity index (χ1) is 10.0. The van der Waals surface area contributed by atoms with Gasteiger partial charge in [0.25, 0.3) is 0 Å². The number of hydrogen-bond acceptors (Lipinski definition) is 0. The van der Waals surface area contributed by atoms with E-state index in [4.69, 9.17) is 0 Å². The van der Waals surface area contributed by atoms with Crippen molar-refractivity contribution < 1.29 is 0 Å². The third-order valence-corrected chi connectivity index (χ3v) is 7.20. The van der Waals surface area contributed by atoms with Crippen molar-refractivity contribution >= 4 is 0 Å². The number of hydrogen-bond donors (Lipinski definition) is 0. The summed E-state index contributed by atoms with van der Waals surface area (Å²) in [5.41, 5.74) is 2.86. The summed E-state index contributed by atoms with van der Waals surface area (Å²) in [4.78, 5) is 0. The summed E-state index contributed by atoms with van der Waals surface area (Å²) in [6.45, 7) is 11.5. The van der Waals surface area contributed by atoms with Crippen molar-refractivity contribution in [1.82, 2.24) is 0 Å². The summed E-state index contributed by atoms with van der Waals surface area (Å²) < 4.78 is 0. The zero-order chi connectivity index (χ0) is 15.1. The van der Waals surface area contributed by atoms with Crippen LogP contribution in [-0.2, 0) is 0 Å². The van der Waals surface area contributed by atoms with Gasteiger partial charge in [-0.2, -0.15) is 0 Å². The molecule has 0 bridgehead atoms. The maximum absolute atomic E-state index is 4.09. The molecule has 0 aromatic rings. The molecule has 0 aromatic carbocycles. The van der Waals surface area contributed by atoms with Crippen molar-refractivity contribution in [3.8, 4) is 0 Å². The van der Waals surface area contributed by atoms with Crippen molar-refractivity contribution in [3.05, 3.63) is 24.3 Å². The van der Waals surface area contributed by atoms with Gasteiger partial charge in [0.05, 0.1) is 0 Å². The number of rotatable bonds is 3. The van der Waals surface area contributed by atoms with E-state index < -0.39 is 0 Å². The zero-order valence-corrected chi connectivity index (χ0v) is 14.5. The van der Waals surface area contributed by atoms with Crippen molar-refractivity contribution in [2.45, 2.75) is 78.6 Å². The lowest BCUT2D eigenvalue weighted by Crippen LogP contribution is -2.43. The second-order valence-electron chi connectivity index (χ2n) is 8.75. The summed E-state index contributed by atoms with van der Waals surface area (Å²) in [6, 6.07) is 0. The number of allylic oxidation sites excluding steroid dienone is 3. The van der Waals surface area contributed by atoms with E-state index in [0.717, 1.165) is 17.8 Å². The van der Waals surface area contributed by atoms with Gasteiger partial charge >= 0.3 is 0 Å². The molecule has 0 nitrogen and oxygen atoms in total. The van der Waals surface area contributed by atoms with Gasteiger partial charge < -0.3 is 0 Å². The Labute approximate surface area is 132 Å². The predicted molar refractivity (Wildman–Crippen MR) is 92.2 cm³/mol. The second-order valence-corrected chi connectivity index (χ2v) is 8.75. The molecule has 3 aliphatic rings. The van der Waals surface area contributed by atoms with Crippen LogP contribution >= 0.6 is 0 Å². The maximum atomic E-state index is 4.09. The van der Waals surface area contributed by atoms with Gasteiger partial charge in [0.1, 0.15) is 0 Å². The molecule has 0 amide bonds. The minimum Gasteiger partial charge on any atom is -0.103 e. The molecule has 0 aromatic heterocycles. The minimum absolute atomic E-state index is 0.363. The van der Waals surface area contributed by atoms with Crippen LogP contribution in [0.15, 0.2) is 24.3 Å². The molecule has 0 aliphatic heterocycles. The lowest BCUT2D eigenvalue weighted by molar-refractivity contribution is 0.0254. The van der Waals surface area contributed by atoms with E-state index in [0.29, 0.717) is 10.8 Å². The Bertz CT molecular complexity index is 427. The fraction of sp³-hybridized carbons (Fsp3) is 0.810. The Hall–Kier alpha value is -0.520. The van der Waals surface area contributed by atoms with Gasteiger partial charge in [-0.05, 0) is 73.5 Å². The van der Waals surface area contributed by atoms with Crippen LogP contribution < -0.4 is 0 Å². The van der Waals surface area contributed by atoms with Gasteiger partial charge in [0.2, 0.25) is 0 Å². The molecule has 118 valence electrons. The quantitative estimate of drug-likeness (QED) is 0.517. The fourth-order valence-electron chi connectivity index (χ4n) is 5.98. The lowest BCUT2D eigenvalue weighted by atomic mass is 9.51. The molecule has 5 atom stereocenters. The van der Waals surface area contributed by atoms with Crippen LogP contribution in [0.3, 0.4) is 0 Å². The minimum atomic E-state index is 0.363. The first-order valence-electron chi connectivity index (χ1n) is 9.35. The maximum Gasteiger partial charge on any atom is -0.0109 e. The molecule has 21 heavy (non-hydrogen) atoms.